The molecule has 8 nitrogen and oxygen atoms in total. The quantitative estimate of drug-likeness (QED) is 0.821. The Morgan fingerprint density at radius 2 is 1.68 bits per heavy atom. The molecule has 4 heterocycles. The van der Waals surface area contributed by atoms with E-state index in [2.05, 4.69) is 54.6 Å². The van der Waals surface area contributed by atoms with Gasteiger partial charge in [-0.15, -0.1) is 10.2 Å². The molecule has 0 saturated carbocycles. The van der Waals surface area contributed by atoms with Crippen LogP contribution >= 0.6 is 0 Å². The number of nitrogen functional groups attached to an aromatic ring is 1. The van der Waals surface area contributed by atoms with Gasteiger partial charge in [0.1, 0.15) is 17.5 Å². The predicted molar refractivity (Wildman–Crippen MR) is 110 cm³/mol. The Hall–Kier alpha value is -2.03. The molecule has 0 spiro atoms. The van der Waals surface area contributed by atoms with Crippen molar-refractivity contribution in [2.75, 3.05) is 52.0 Å². The lowest BCUT2D eigenvalue weighted by Gasteiger charge is -2.32. The lowest BCUT2D eigenvalue weighted by molar-refractivity contribution is 0.144. The summed E-state index contributed by atoms with van der Waals surface area (Å²) in [6.07, 6.45) is 3.97. The number of likely N-dealkylation sites (tertiary alicyclic amines) is 1. The summed E-state index contributed by atoms with van der Waals surface area (Å²) in [6, 6.07) is 4.03. The lowest BCUT2D eigenvalue weighted by Crippen LogP contribution is -2.44. The van der Waals surface area contributed by atoms with Crippen LogP contribution in [-0.4, -0.2) is 80.8 Å². The third-order valence-corrected chi connectivity index (χ3v) is 6.23. The Morgan fingerprint density at radius 3 is 2.39 bits per heavy atom. The largest absolute Gasteiger partial charge is 0.383 e. The van der Waals surface area contributed by atoms with Gasteiger partial charge in [0.2, 0.25) is 0 Å². The molecule has 0 bridgehead atoms. The highest BCUT2D eigenvalue weighted by Gasteiger charge is 2.26. The first-order valence-corrected chi connectivity index (χ1v) is 10.3. The number of rotatable bonds is 5. The maximum Gasteiger partial charge on any atom is 0.146 e. The number of piperazine rings is 1. The number of nitrogens with zero attached hydrogens (tertiary/aromatic N) is 7. The minimum absolute atomic E-state index is 0.487. The predicted octanol–water partition coefficient (Wildman–Crippen LogP) is 0.919. The number of likely N-dealkylation sites (N-methyl/N-ethyl adjacent to an activating group) is 1. The molecule has 0 atom stereocenters. The van der Waals surface area contributed by atoms with Crippen molar-refractivity contribution < 1.29 is 0 Å². The third-order valence-electron chi connectivity index (χ3n) is 6.23. The Kier molecular flexibility index (Phi) is 5.89. The molecule has 0 amide bonds. The summed E-state index contributed by atoms with van der Waals surface area (Å²) in [5.74, 6) is 3.36. The van der Waals surface area contributed by atoms with Crippen LogP contribution in [0.1, 0.15) is 36.0 Å². The van der Waals surface area contributed by atoms with Gasteiger partial charge in [0.15, 0.2) is 0 Å². The topological polar surface area (TPSA) is 79.3 Å². The fourth-order valence-electron chi connectivity index (χ4n) is 4.25. The standard InChI is InChI=1S/C20H32N8/c1-25-10-12-28(13-11-25)15-18-23-24-20(26(18)2)16-5-8-27(9-6-16)14-17-4-3-7-22-19(17)21/h3-4,7,16H,5-6,8-15H2,1-2H3,(H2,21,22). The third kappa shape index (κ3) is 4.34. The van der Waals surface area contributed by atoms with Crippen LogP contribution in [0.3, 0.4) is 0 Å². The van der Waals surface area contributed by atoms with Crippen molar-refractivity contribution >= 4 is 5.82 Å². The molecule has 2 saturated heterocycles. The average Bonchev–Trinajstić information content (AvgIpc) is 3.06. The first-order valence-electron chi connectivity index (χ1n) is 10.3. The van der Waals surface area contributed by atoms with Gasteiger partial charge in [-0.1, -0.05) is 6.07 Å². The average molecular weight is 385 g/mol. The van der Waals surface area contributed by atoms with E-state index in [0.717, 1.165) is 82.4 Å². The summed E-state index contributed by atoms with van der Waals surface area (Å²) in [5, 5.41) is 9.09. The van der Waals surface area contributed by atoms with E-state index in [1.165, 1.54) is 0 Å². The van der Waals surface area contributed by atoms with Gasteiger partial charge in [0.05, 0.1) is 6.54 Å². The Labute approximate surface area is 167 Å². The van der Waals surface area contributed by atoms with E-state index in [1.54, 1.807) is 6.20 Å². The van der Waals surface area contributed by atoms with Crippen LogP contribution in [0, 0.1) is 0 Å². The van der Waals surface area contributed by atoms with Crippen molar-refractivity contribution in [3.8, 4) is 0 Å². The second-order valence-corrected chi connectivity index (χ2v) is 8.21. The second kappa shape index (κ2) is 8.55. The highest BCUT2D eigenvalue weighted by atomic mass is 15.3. The van der Waals surface area contributed by atoms with Crippen molar-refractivity contribution in [1.82, 2.24) is 34.4 Å². The van der Waals surface area contributed by atoms with Crippen LogP contribution < -0.4 is 5.73 Å². The van der Waals surface area contributed by atoms with E-state index >= 15 is 0 Å². The number of pyridine rings is 1. The maximum absolute atomic E-state index is 6.00. The fraction of sp³-hybridized carbons (Fsp3) is 0.650. The molecule has 2 aliphatic heterocycles. The van der Waals surface area contributed by atoms with Crippen LogP contribution in [0.4, 0.5) is 5.82 Å². The lowest BCUT2D eigenvalue weighted by atomic mass is 9.95. The summed E-state index contributed by atoms with van der Waals surface area (Å²) in [7, 11) is 4.32. The highest BCUT2D eigenvalue weighted by molar-refractivity contribution is 5.38. The minimum atomic E-state index is 0.487. The van der Waals surface area contributed by atoms with Crippen molar-refractivity contribution in [2.24, 2.45) is 7.05 Å². The summed E-state index contributed by atoms with van der Waals surface area (Å²) >= 11 is 0. The number of anilines is 1. The molecule has 2 fully saturated rings. The molecule has 0 unspecified atom stereocenters. The van der Waals surface area contributed by atoms with Crippen LogP contribution in [-0.2, 0) is 20.1 Å². The van der Waals surface area contributed by atoms with Gasteiger partial charge >= 0.3 is 0 Å². The number of hydrogen-bond acceptors (Lipinski definition) is 7. The molecule has 8 heteroatoms. The molecular formula is C20H32N8. The van der Waals surface area contributed by atoms with Gasteiger partial charge in [0.25, 0.3) is 0 Å². The van der Waals surface area contributed by atoms with Gasteiger partial charge in [-0.3, -0.25) is 9.80 Å². The zero-order chi connectivity index (χ0) is 19.5. The highest BCUT2D eigenvalue weighted by Crippen LogP contribution is 2.28. The summed E-state index contributed by atoms with van der Waals surface area (Å²) in [4.78, 5) is 11.5. The molecule has 2 aromatic heterocycles. The van der Waals surface area contributed by atoms with Gasteiger partial charge in [-0.05, 0) is 39.0 Å². The minimum Gasteiger partial charge on any atom is -0.383 e. The molecule has 152 valence electrons. The zero-order valence-electron chi connectivity index (χ0n) is 17.1. The first-order chi connectivity index (χ1) is 13.6. The van der Waals surface area contributed by atoms with E-state index in [-0.39, 0.29) is 0 Å². The summed E-state index contributed by atoms with van der Waals surface area (Å²) < 4.78 is 2.23. The van der Waals surface area contributed by atoms with E-state index in [0.29, 0.717) is 11.7 Å². The molecule has 28 heavy (non-hydrogen) atoms. The molecular weight excluding hydrogens is 352 g/mol. The van der Waals surface area contributed by atoms with E-state index < -0.39 is 0 Å². The van der Waals surface area contributed by atoms with Crippen molar-refractivity contribution in [1.29, 1.82) is 0 Å². The van der Waals surface area contributed by atoms with Crippen LogP contribution in [0.25, 0.3) is 0 Å². The van der Waals surface area contributed by atoms with E-state index in [4.69, 9.17) is 5.73 Å². The summed E-state index contributed by atoms with van der Waals surface area (Å²) in [5.41, 5.74) is 7.12. The number of hydrogen-bond donors (Lipinski definition) is 1. The van der Waals surface area contributed by atoms with Gasteiger partial charge in [0, 0.05) is 57.4 Å². The SMILES string of the molecule is CN1CCN(Cc2nnc(C3CCN(Cc4cccnc4N)CC3)n2C)CC1. The van der Waals surface area contributed by atoms with E-state index in [9.17, 15) is 0 Å². The Balaban J connectivity index is 1.32. The first kappa shape index (κ1) is 19.3. The molecule has 0 radical (unpaired) electrons. The Bertz CT molecular complexity index is 772. The smallest absolute Gasteiger partial charge is 0.146 e. The van der Waals surface area contributed by atoms with Gasteiger partial charge < -0.3 is 15.2 Å². The van der Waals surface area contributed by atoms with Gasteiger partial charge in [-0.25, -0.2) is 4.98 Å². The van der Waals surface area contributed by atoms with Crippen molar-refractivity contribution in [2.45, 2.75) is 31.8 Å². The van der Waals surface area contributed by atoms with Crippen LogP contribution in [0.15, 0.2) is 18.3 Å². The van der Waals surface area contributed by atoms with Crippen LogP contribution in [0.5, 0.6) is 0 Å². The fourth-order valence-corrected chi connectivity index (χ4v) is 4.25. The maximum atomic E-state index is 6.00. The van der Waals surface area contributed by atoms with E-state index in [1.807, 2.05) is 6.07 Å². The Morgan fingerprint density at radius 1 is 0.964 bits per heavy atom. The molecule has 2 N–H and O–H groups in total. The van der Waals surface area contributed by atoms with Crippen LogP contribution in [0.2, 0.25) is 0 Å². The molecule has 0 aliphatic carbocycles. The monoisotopic (exact) mass is 384 g/mol. The molecule has 2 aromatic rings. The molecule has 2 aliphatic rings. The van der Waals surface area contributed by atoms with Gasteiger partial charge in [-0.2, -0.15) is 0 Å². The number of aromatic nitrogens is 4. The summed E-state index contributed by atoms with van der Waals surface area (Å²) in [6.45, 7) is 8.36. The molecule has 4 rings (SSSR count). The zero-order valence-corrected chi connectivity index (χ0v) is 17.1. The normalized spacial score (nSPS) is 20.6. The number of nitrogens with two attached hydrogens (primary N) is 1. The molecule has 0 aromatic carbocycles. The van der Waals surface area contributed by atoms with Crippen molar-refractivity contribution in [3.63, 3.8) is 0 Å². The second-order valence-electron chi connectivity index (χ2n) is 8.21. The number of piperidine rings is 1. The van der Waals surface area contributed by atoms with Crippen molar-refractivity contribution in [3.05, 3.63) is 35.5 Å².